The van der Waals surface area contributed by atoms with Gasteiger partial charge in [-0.3, -0.25) is 9.59 Å². The van der Waals surface area contributed by atoms with Gasteiger partial charge in [-0.05, 0) is 54.5 Å². The largest absolute Gasteiger partial charge is 0.478 e. The van der Waals surface area contributed by atoms with Crippen molar-refractivity contribution >= 4 is 41.4 Å². The number of anilines is 2. The van der Waals surface area contributed by atoms with Gasteiger partial charge in [0.25, 0.3) is 11.5 Å². The molecule has 1 amide bonds. The summed E-state index contributed by atoms with van der Waals surface area (Å²) in [4.78, 5) is 53.4. The van der Waals surface area contributed by atoms with Crippen molar-refractivity contribution in [3.05, 3.63) is 97.4 Å². The van der Waals surface area contributed by atoms with Gasteiger partial charge in [0.1, 0.15) is 0 Å². The van der Waals surface area contributed by atoms with E-state index in [0.717, 1.165) is 34.5 Å². The van der Waals surface area contributed by atoms with Crippen molar-refractivity contribution in [3.8, 4) is 0 Å². The Morgan fingerprint density at radius 1 is 1.00 bits per heavy atom. The molecule has 0 unspecified atom stereocenters. The molecule has 2 heterocycles. The lowest BCUT2D eigenvalue weighted by atomic mass is 10.1. The fourth-order valence-electron chi connectivity index (χ4n) is 3.80. The number of rotatable bonds is 6. The van der Waals surface area contributed by atoms with Crippen molar-refractivity contribution in [2.45, 2.75) is 6.92 Å². The monoisotopic (exact) mass is 486 g/mol. The van der Waals surface area contributed by atoms with Crippen molar-refractivity contribution in [1.82, 2.24) is 4.98 Å². The number of nitrogens with zero attached hydrogens (tertiary/aromatic N) is 3. The number of H-pyrrole nitrogens is 1. The van der Waals surface area contributed by atoms with Crippen LogP contribution in [0.3, 0.4) is 0 Å². The number of pyridine rings is 1. The van der Waals surface area contributed by atoms with E-state index in [9.17, 15) is 29.4 Å². The normalized spacial score (nSPS) is 13.1. The standard InChI is InChI=1S/C26H22N4O6/c1-14-20(6-4-5-15-7-9-18(10-8-15)29(2)3)23(31)27-22-21(14)24(32)30(28-22)19-12-16(25(33)34)11-17(13-19)26(35)36/h4-13H,1-3H3,(H,33,34)(H,35,36)(H,27,28,31)/b5-4?,20-6-. The van der Waals surface area contributed by atoms with Gasteiger partial charge in [-0.15, -0.1) is 5.10 Å². The molecule has 4 rings (SSSR count). The van der Waals surface area contributed by atoms with Gasteiger partial charge in [-0.2, -0.15) is 5.01 Å². The zero-order chi connectivity index (χ0) is 26.1. The van der Waals surface area contributed by atoms with Crippen LogP contribution in [-0.4, -0.2) is 47.1 Å². The molecule has 10 heteroatoms. The molecule has 10 nitrogen and oxygen atoms in total. The Morgan fingerprint density at radius 3 is 2.17 bits per heavy atom. The summed E-state index contributed by atoms with van der Waals surface area (Å²) in [7, 11) is 3.90. The van der Waals surface area contributed by atoms with Crippen LogP contribution in [0.2, 0.25) is 0 Å². The molecule has 0 saturated carbocycles. The molecule has 0 aliphatic carbocycles. The maximum atomic E-state index is 13.2. The van der Waals surface area contributed by atoms with E-state index in [2.05, 4.69) is 10.1 Å². The van der Waals surface area contributed by atoms with Crippen LogP contribution in [0.25, 0.3) is 12.2 Å². The van der Waals surface area contributed by atoms with E-state index in [1.54, 1.807) is 19.1 Å². The van der Waals surface area contributed by atoms with Gasteiger partial charge < -0.3 is 20.1 Å². The predicted octanol–water partition coefficient (Wildman–Crippen LogP) is 1.83. The van der Waals surface area contributed by atoms with Gasteiger partial charge in [-0.25, -0.2) is 9.59 Å². The number of carbonyl (C=O) groups is 3. The smallest absolute Gasteiger partial charge is 0.335 e. The minimum atomic E-state index is -1.35. The van der Waals surface area contributed by atoms with E-state index < -0.39 is 23.4 Å². The summed E-state index contributed by atoms with van der Waals surface area (Å²) in [5.74, 6) is -3.32. The summed E-state index contributed by atoms with van der Waals surface area (Å²) in [5.41, 5.74) is 1.41. The molecule has 1 aliphatic heterocycles. The van der Waals surface area contributed by atoms with Gasteiger partial charge in [-0.1, -0.05) is 24.3 Å². The van der Waals surface area contributed by atoms with E-state index in [0.29, 0.717) is 5.56 Å². The lowest BCUT2D eigenvalue weighted by molar-refractivity contribution is 0.0696. The number of allylic oxidation sites excluding steroid dienone is 1. The number of hydrogen-bond donors (Lipinski definition) is 3. The Hall–Kier alpha value is -4.99. The first-order chi connectivity index (χ1) is 17.1. The molecule has 3 N–H and O–H groups in total. The molecular formula is C26H22N4O6. The molecular weight excluding hydrogens is 464 g/mol. The van der Waals surface area contributed by atoms with E-state index >= 15 is 0 Å². The lowest BCUT2D eigenvalue weighted by Gasteiger charge is -2.14. The Bertz CT molecular complexity index is 1590. The third-order valence-corrected chi connectivity index (χ3v) is 5.72. The second kappa shape index (κ2) is 9.34. The maximum Gasteiger partial charge on any atom is 0.335 e. The molecule has 0 saturated heterocycles. The van der Waals surface area contributed by atoms with E-state index in [1.165, 1.54) is 0 Å². The van der Waals surface area contributed by atoms with Crippen molar-refractivity contribution in [2.75, 3.05) is 24.0 Å². The third-order valence-electron chi connectivity index (χ3n) is 5.72. The molecule has 0 radical (unpaired) electrons. The van der Waals surface area contributed by atoms with Gasteiger partial charge in [0.05, 0.1) is 22.4 Å². The number of carbonyl (C=O) groups excluding carboxylic acids is 1. The number of aromatic nitrogens is 1. The Balaban J connectivity index is 1.72. The molecule has 3 aromatic rings. The van der Waals surface area contributed by atoms with Crippen LogP contribution in [0, 0.1) is 6.92 Å². The van der Waals surface area contributed by atoms with Gasteiger partial charge >= 0.3 is 11.9 Å². The minimum Gasteiger partial charge on any atom is -0.478 e. The fraction of sp³-hybridized carbons (Fsp3) is 0.115. The second-order valence-electron chi connectivity index (χ2n) is 8.32. The number of benzene rings is 2. The number of aromatic amines is 1. The molecule has 0 bridgehead atoms. The minimum absolute atomic E-state index is 0.0144. The highest BCUT2D eigenvalue weighted by Crippen LogP contribution is 2.24. The number of carboxylic acids is 2. The number of fused-ring (bicyclic) bond motifs is 1. The topological polar surface area (TPSA) is 143 Å². The first-order valence-corrected chi connectivity index (χ1v) is 10.8. The van der Waals surface area contributed by atoms with Gasteiger partial charge in [0.2, 0.25) is 0 Å². The first-order valence-electron chi connectivity index (χ1n) is 10.8. The molecule has 36 heavy (non-hydrogen) atoms. The number of nitrogens with one attached hydrogen (secondary N) is 1. The summed E-state index contributed by atoms with van der Waals surface area (Å²) < 4.78 is 0. The molecule has 182 valence electrons. The highest BCUT2D eigenvalue weighted by Gasteiger charge is 2.29. The Kier molecular flexibility index (Phi) is 6.26. The summed E-state index contributed by atoms with van der Waals surface area (Å²) in [6.45, 7) is 1.62. The summed E-state index contributed by atoms with van der Waals surface area (Å²) >= 11 is 0. The molecule has 0 atom stereocenters. The van der Waals surface area contributed by atoms with Crippen LogP contribution >= 0.6 is 0 Å². The van der Waals surface area contributed by atoms with Crippen molar-refractivity contribution in [3.63, 3.8) is 0 Å². The van der Waals surface area contributed by atoms with Crippen molar-refractivity contribution < 1.29 is 24.6 Å². The average molecular weight is 486 g/mol. The quantitative estimate of drug-likeness (QED) is 0.482. The van der Waals surface area contributed by atoms with Crippen molar-refractivity contribution in [1.29, 1.82) is 0 Å². The molecule has 1 aliphatic rings. The summed E-state index contributed by atoms with van der Waals surface area (Å²) in [6, 6.07) is 11.1. The molecule has 0 fully saturated rings. The highest BCUT2D eigenvalue weighted by molar-refractivity contribution is 6.09. The number of carboxylic acid groups (broad SMARTS) is 2. The molecule has 0 spiro atoms. The summed E-state index contributed by atoms with van der Waals surface area (Å²) in [5, 5.41) is 23.9. The highest BCUT2D eigenvalue weighted by atomic mass is 16.4. The van der Waals surface area contributed by atoms with Crippen LogP contribution in [0.5, 0.6) is 0 Å². The van der Waals surface area contributed by atoms with Gasteiger partial charge in [0.15, 0.2) is 5.49 Å². The van der Waals surface area contributed by atoms with Crippen LogP contribution in [0.1, 0.15) is 42.2 Å². The molecule has 1 aromatic heterocycles. The number of hydrogen-bond acceptors (Lipinski definition) is 6. The Labute approximate surface area is 204 Å². The van der Waals surface area contributed by atoms with Crippen LogP contribution < -0.4 is 26.2 Å². The van der Waals surface area contributed by atoms with E-state index in [4.69, 9.17) is 0 Å². The van der Waals surface area contributed by atoms with Crippen LogP contribution in [0.15, 0.2) is 58.4 Å². The van der Waals surface area contributed by atoms with Crippen LogP contribution in [0.4, 0.5) is 11.4 Å². The summed E-state index contributed by atoms with van der Waals surface area (Å²) in [6.07, 6.45) is 5.13. The Morgan fingerprint density at radius 2 is 1.61 bits per heavy atom. The first kappa shape index (κ1) is 24.1. The van der Waals surface area contributed by atoms with Gasteiger partial charge in [0, 0.05) is 25.0 Å². The van der Waals surface area contributed by atoms with E-state index in [1.807, 2.05) is 49.3 Å². The fourth-order valence-corrected chi connectivity index (χ4v) is 3.80. The SMILES string of the molecule is Cc1c2c([nH]c(=O)/c1=C\C=Cc1ccc(N(C)C)cc1)=NN(c1cc(C(=O)O)cc(C(=O)O)c1)C2=O. The lowest BCUT2D eigenvalue weighted by Crippen LogP contribution is -2.38. The average Bonchev–Trinajstić information content (AvgIpc) is 3.17. The molecule has 2 aromatic carbocycles. The predicted molar refractivity (Wildman–Crippen MR) is 134 cm³/mol. The van der Waals surface area contributed by atoms with E-state index in [-0.39, 0.29) is 33.1 Å². The second-order valence-corrected chi connectivity index (χ2v) is 8.32. The van der Waals surface area contributed by atoms with Crippen molar-refractivity contribution in [2.24, 2.45) is 5.10 Å². The zero-order valence-corrected chi connectivity index (χ0v) is 19.6. The zero-order valence-electron chi connectivity index (χ0n) is 19.6. The number of aromatic carboxylic acids is 2. The number of amides is 1. The van der Waals surface area contributed by atoms with Crippen LogP contribution in [-0.2, 0) is 0 Å². The third kappa shape index (κ3) is 4.51. The maximum absolute atomic E-state index is 13.2.